The number of halogens is 2. The molecule has 28 heavy (non-hydrogen) atoms. The van der Waals surface area contributed by atoms with Crippen LogP contribution in [0.5, 0.6) is 0 Å². The van der Waals surface area contributed by atoms with Gasteiger partial charge in [-0.05, 0) is 55.5 Å². The van der Waals surface area contributed by atoms with Crippen LogP contribution in [-0.2, 0) is 0 Å². The summed E-state index contributed by atoms with van der Waals surface area (Å²) in [5.74, 6) is 0.133. The van der Waals surface area contributed by atoms with Gasteiger partial charge >= 0.3 is 0 Å². The van der Waals surface area contributed by atoms with Gasteiger partial charge in [-0.25, -0.2) is 14.2 Å². The fraction of sp³-hybridized carbons (Fsp3) is 0.0526. The van der Waals surface area contributed by atoms with Crippen LogP contribution in [0.25, 0.3) is 17.1 Å². The Morgan fingerprint density at radius 1 is 1.14 bits per heavy atom. The Morgan fingerprint density at radius 2 is 1.86 bits per heavy atom. The van der Waals surface area contributed by atoms with Gasteiger partial charge in [-0.15, -0.1) is 0 Å². The molecule has 0 fully saturated rings. The highest BCUT2D eigenvalue weighted by atomic mass is 35.5. The molecular formula is C19H14ClFN6S. The third-order valence-electron chi connectivity index (χ3n) is 4.10. The van der Waals surface area contributed by atoms with Crippen LogP contribution in [0.1, 0.15) is 11.3 Å². The minimum Gasteiger partial charge on any atom is -0.250 e. The molecule has 4 rings (SSSR count). The largest absolute Gasteiger partial charge is 0.250 e. The Kier molecular flexibility index (Phi) is 4.89. The molecule has 9 heteroatoms. The Bertz CT molecular complexity index is 1210. The van der Waals surface area contributed by atoms with Gasteiger partial charge in [0.2, 0.25) is 4.77 Å². The monoisotopic (exact) mass is 412 g/mol. The maximum absolute atomic E-state index is 13.2. The molecule has 0 aliphatic carbocycles. The fourth-order valence-corrected chi connectivity index (χ4v) is 3.20. The van der Waals surface area contributed by atoms with Crippen molar-refractivity contribution in [3.8, 4) is 17.1 Å². The third-order valence-corrected chi connectivity index (χ3v) is 4.73. The van der Waals surface area contributed by atoms with Crippen LogP contribution >= 0.6 is 23.8 Å². The van der Waals surface area contributed by atoms with Crippen molar-refractivity contribution in [2.75, 3.05) is 0 Å². The van der Waals surface area contributed by atoms with E-state index in [1.54, 1.807) is 23.0 Å². The number of nitrogens with one attached hydrogen (secondary N) is 1. The van der Waals surface area contributed by atoms with Gasteiger partial charge in [0.15, 0.2) is 5.82 Å². The first-order chi connectivity index (χ1) is 13.5. The third kappa shape index (κ3) is 3.39. The molecule has 0 radical (unpaired) electrons. The average molecular weight is 413 g/mol. The summed E-state index contributed by atoms with van der Waals surface area (Å²) in [6.07, 6.45) is 1.59. The van der Waals surface area contributed by atoms with E-state index in [-0.39, 0.29) is 5.82 Å². The van der Waals surface area contributed by atoms with Crippen LogP contribution in [0.2, 0.25) is 5.15 Å². The molecule has 0 saturated carbocycles. The highest BCUT2D eigenvalue weighted by Gasteiger charge is 2.14. The zero-order chi connectivity index (χ0) is 19.7. The second-order valence-corrected chi connectivity index (χ2v) is 6.70. The first-order valence-corrected chi connectivity index (χ1v) is 9.11. The second-order valence-electron chi connectivity index (χ2n) is 5.95. The summed E-state index contributed by atoms with van der Waals surface area (Å²) < 4.78 is 16.6. The molecule has 0 saturated heterocycles. The van der Waals surface area contributed by atoms with Crippen LogP contribution in [0, 0.1) is 17.5 Å². The van der Waals surface area contributed by atoms with E-state index in [9.17, 15) is 4.39 Å². The molecule has 2 aromatic heterocycles. The summed E-state index contributed by atoms with van der Waals surface area (Å²) >= 11 is 11.8. The summed E-state index contributed by atoms with van der Waals surface area (Å²) in [5, 5.41) is 16.2. The van der Waals surface area contributed by atoms with E-state index in [2.05, 4.69) is 20.4 Å². The topological polar surface area (TPSA) is 63.8 Å². The lowest BCUT2D eigenvalue weighted by Crippen LogP contribution is -1.97. The minimum absolute atomic E-state index is 0.305. The normalized spacial score (nSPS) is 11.4. The summed E-state index contributed by atoms with van der Waals surface area (Å²) in [4.78, 5) is 0. The van der Waals surface area contributed by atoms with Crippen LogP contribution in [0.3, 0.4) is 0 Å². The zero-order valence-electron chi connectivity index (χ0n) is 14.7. The predicted octanol–water partition coefficient (Wildman–Crippen LogP) is 4.78. The fourth-order valence-electron chi connectivity index (χ4n) is 2.70. The highest BCUT2D eigenvalue weighted by Crippen LogP contribution is 2.23. The van der Waals surface area contributed by atoms with E-state index in [4.69, 9.17) is 23.8 Å². The van der Waals surface area contributed by atoms with Gasteiger partial charge in [0.1, 0.15) is 11.0 Å². The Hall–Kier alpha value is -3.10. The smallest absolute Gasteiger partial charge is 0.216 e. The van der Waals surface area contributed by atoms with Crippen LogP contribution in [0.15, 0.2) is 59.7 Å². The summed E-state index contributed by atoms with van der Waals surface area (Å²) in [5.41, 5.74) is 2.91. The number of H-pyrrole nitrogens is 1. The molecule has 0 bridgehead atoms. The minimum atomic E-state index is -0.330. The number of aromatic amines is 1. The molecule has 0 aliphatic rings. The molecule has 0 aliphatic heterocycles. The van der Waals surface area contributed by atoms with E-state index >= 15 is 0 Å². The van der Waals surface area contributed by atoms with E-state index in [0.717, 1.165) is 11.4 Å². The number of hydrogen-bond donors (Lipinski definition) is 1. The summed E-state index contributed by atoms with van der Waals surface area (Å²) in [6.45, 7) is 1.85. The van der Waals surface area contributed by atoms with E-state index in [1.807, 2.05) is 37.3 Å². The van der Waals surface area contributed by atoms with Gasteiger partial charge in [0.05, 0.1) is 23.2 Å². The molecule has 2 aromatic carbocycles. The molecule has 140 valence electrons. The summed E-state index contributed by atoms with van der Waals surface area (Å²) in [7, 11) is 0. The van der Waals surface area contributed by atoms with Crippen molar-refractivity contribution in [2.45, 2.75) is 6.92 Å². The van der Waals surface area contributed by atoms with Crippen molar-refractivity contribution < 1.29 is 4.39 Å². The number of para-hydroxylation sites is 1. The van der Waals surface area contributed by atoms with Gasteiger partial charge in [-0.1, -0.05) is 29.8 Å². The maximum Gasteiger partial charge on any atom is 0.216 e. The number of benzene rings is 2. The maximum atomic E-state index is 13.2. The second kappa shape index (κ2) is 7.49. The number of aryl methyl sites for hydroxylation is 1. The molecule has 4 aromatic rings. The molecule has 1 N–H and O–H groups in total. The summed E-state index contributed by atoms with van der Waals surface area (Å²) in [6, 6.07) is 15.5. The first kappa shape index (κ1) is 18.3. The standard InChI is InChI=1S/C19H14ClFN6S/c1-12-16(17(20)26(25-12)15-5-3-2-4-6-15)11-22-27-18(23-24-19(27)28)13-7-9-14(21)10-8-13/h2-11H,1H3,(H,24,28). The van der Waals surface area contributed by atoms with Crippen molar-refractivity contribution in [3.63, 3.8) is 0 Å². The zero-order valence-corrected chi connectivity index (χ0v) is 16.2. The van der Waals surface area contributed by atoms with Gasteiger partial charge in [0, 0.05) is 5.56 Å². The number of rotatable bonds is 4. The first-order valence-electron chi connectivity index (χ1n) is 8.33. The van der Waals surface area contributed by atoms with Crippen LogP contribution < -0.4 is 0 Å². The Labute approximate surface area is 169 Å². The Balaban J connectivity index is 1.73. The number of aromatic nitrogens is 5. The lowest BCUT2D eigenvalue weighted by atomic mass is 10.2. The van der Waals surface area contributed by atoms with Crippen LogP contribution in [-0.4, -0.2) is 30.9 Å². The Morgan fingerprint density at radius 3 is 2.57 bits per heavy atom. The molecular weight excluding hydrogens is 399 g/mol. The van der Waals surface area contributed by atoms with Gasteiger partial charge in [-0.3, -0.25) is 0 Å². The molecule has 0 amide bonds. The molecule has 0 unspecified atom stereocenters. The lowest BCUT2D eigenvalue weighted by Gasteiger charge is -2.02. The van der Waals surface area contributed by atoms with Crippen molar-refractivity contribution in [3.05, 3.63) is 81.6 Å². The lowest BCUT2D eigenvalue weighted by molar-refractivity contribution is 0.628. The quantitative estimate of drug-likeness (QED) is 0.387. The number of hydrogen-bond acceptors (Lipinski definition) is 4. The highest BCUT2D eigenvalue weighted by molar-refractivity contribution is 7.71. The van der Waals surface area contributed by atoms with Crippen molar-refractivity contribution in [1.29, 1.82) is 0 Å². The van der Waals surface area contributed by atoms with E-state index in [0.29, 0.717) is 26.9 Å². The molecule has 2 heterocycles. The van der Waals surface area contributed by atoms with E-state index < -0.39 is 0 Å². The van der Waals surface area contributed by atoms with Gasteiger partial charge < -0.3 is 0 Å². The molecule has 6 nitrogen and oxygen atoms in total. The van der Waals surface area contributed by atoms with E-state index in [1.165, 1.54) is 16.8 Å². The van der Waals surface area contributed by atoms with Crippen molar-refractivity contribution in [2.24, 2.45) is 5.10 Å². The molecule has 0 atom stereocenters. The van der Waals surface area contributed by atoms with Gasteiger partial charge in [0.25, 0.3) is 0 Å². The average Bonchev–Trinajstić information content (AvgIpc) is 3.21. The van der Waals surface area contributed by atoms with Crippen LogP contribution in [0.4, 0.5) is 4.39 Å². The number of nitrogens with zero attached hydrogens (tertiary/aromatic N) is 5. The van der Waals surface area contributed by atoms with Crippen molar-refractivity contribution in [1.82, 2.24) is 24.7 Å². The van der Waals surface area contributed by atoms with Crippen molar-refractivity contribution >= 4 is 30.0 Å². The molecule has 0 spiro atoms. The predicted molar refractivity (Wildman–Crippen MR) is 109 cm³/mol. The SMILES string of the molecule is Cc1nn(-c2ccccc2)c(Cl)c1C=Nn1c(-c2ccc(F)cc2)n[nH]c1=S. The van der Waals surface area contributed by atoms with Gasteiger partial charge in [-0.2, -0.15) is 20.0 Å².